The highest BCUT2D eigenvalue weighted by Gasteiger charge is 2.21. The lowest BCUT2D eigenvalue weighted by Crippen LogP contribution is -2.41. The fourth-order valence-corrected chi connectivity index (χ4v) is 2.31. The molecule has 5 nitrogen and oxygen atoms in total. The maximum atomic E-state index is 4.43. The van der Waals surface area contributed by atoms with Gasteiger partial charge in [-0.2, -0.15) is 0 Å². The quantitative estimate of drug-likeness (QED) is 0.809. The number of nitrogens with one attached hydrogen (secondary N) is 1. The smallest absolute Gasteiger partial charge is 0.220 e. The Morgan fingerprint density at radius 3 is 3.22 bits per heavy atom. The van der Waals surface area contributed by atoms with E-state index in [0.29, 0.717) is 12.5 Å². The molecule has 0 fully saturated rings. The highest BCUT2D eigenvalue weighted by molar-refractivity contribution is 14.1. The molecule has 2 aliphatic rings. The van der Waals surface area contributed by atoms with Gasteiger partial charge in [-0.05, 0) is 40.3 Å². The zero-order valence-electron chi connectivity index (χ0n) is 9.42. The predicted molar refractivity (Wildman–Crippen MR) is 81.6 cm³/mol. The average molecular weight is 351 g/mol. The van der Waals surface area contributed by atoms with Gasteiger partial charge in [0, 0.05) is 3.57 Å². The minimum atomic E-state index is -0.114. The van der Waals surface area contributed by atoms with Gasteiger partial charge in [0.2, 0.25) is 5.96 Å². The molecule has 0 amide bonds. The first kappa shape index (κ1) is 11.5. The Bertz CT molecular complexity index is 588. The van der Waals surface area contributed by atoms with E-state index in [-0.39, 0.29) is 6.17 Å². The number of rotatable bonds is 2. The van der Waals surface area contributed by atoms with Crippen LogP contribution >= 0.6 is 22.6 Å². The van der Waals surface area contributed by atoms with Crippen LogP contribution in [0, 0.1) is 3.57 Å². The van der Waals surface area contributed by atoms with Gasteiger partial charge in [-0.1, -0.05) is 12.1 Å². The van der Waals surface area contributed by atoms with Gasteiger partial charge in [-0.25, -0.2) is 20.0 Å². The van der Waals surface area contributed by atoms with Gasteiger partial charge < -0.3 is 5.32 Å². The highest BCUT2D eigenvalue weighted by atomic mass is 127. The third-order valence-corrected chi connectivity index (χ3v) is 3.26. The molecule has 1 atom stereocenters. The average Bonchev–Trinajstić information content (AvgIpc) is 2.84. The lowest BCUT2D eigenvalue weighted by molar-refractivity contribution is 0.808. The summed E-state index contributed by atoms with van der Waals surface area (Å²) in [6.45, 7) is 0.611. The third kappa shape index (κ3) is 2.47. The molecule has 2 heterocycles. The Labute approximate surface area is 118 Å². The lowest BCUT2D eigenvalue weighted by Gasteiger charge is -2.15. The number of benzene rings is 1. The van der Waals surface area contributed by atoms with Crippen LogP contribution in [-0.4, -0.2) is 30.4 Å². The summed E-state index contributed by atoms with van der Waals surface area (Å²) in [6, 6.07) is 8.25. The number of hydrogen-bond acceptors (Lipinski definition) is 3. The molecule has 1 N–H and O–H groups in total. The Morgan fingerprint density at radius 1 is 1.39 bits per heavy atom. The highest BCUT2D eigenvalue weighted by Crippen LogP contribution is 2.09. The van der Waals surface area contributed by atoms with Gasteiger partial charge in [0.1, 0.15) is 12.1 Å². The lowest BCUT2D eigenvalue weighted by atomic mass is 10.2. The molecule has 3 rings (SSSR count). The first-order valence-corrected chi connectivity index (χ1v) is 6.58. The molecule has 90 valence electrons. The molecule has 1 aromatic rings. The molecule has 1 unspecified atom stereocenters. The summed E-state index contributed by atoms with van der Waals surface area (Å²) in [6.07, 6.45) is 3.14. The molecule has 18 heavy (non-hydrogen) atoms. The molecular formula is C12H10IN5. The van der Waals surface area contributed by atoms with Gasteiger partial charge in [0.25, 0.3) is 0 Å². The van der Waals surface area contributed by atoms with Crippen molar-refractivity contribution in [3.8, 4) is 0 Å². The van der Waals surface area contributed by atoms with E-state index in [1.807, 2.05) is 6.07 Å². The molecule has 6 heteroatoms. The van der Waals surface area contributed by atoms with Crippen molar-refractivity contribution in [3.05, 3.63) is 33.4 Å². The molecule has 2 aliphatic heterocycles. The summed E-state index contributed by atoms with van der Waals surface area (Å²) in [5, 5.41) is 3.12. The largest absolute Gasteiger partial charge is 0.328 e. The number of nitrogens with zero attached hydrogens (tertiary/aromatic N) is 4. The van der Waals surface area contributed by atoms with Crippen molar-refractivity contribution in [1.82, 2.24) is 5.32 Å². The van der Waals surface area contributed by atoms with E-state index in [0.717, 1.165) is 5.71 Å². The normalized spacial score (nSPS) is 22.8. The second kappa shape index (κ2) is 4.97. The van der Waals surface area contributed by atoms with Crippen molar-refractivity contribution < 1.29 is 0 Å². The van der Waals surface area contributed by atoms with Crippen molar-refractivity contribution >= 4 is 46.8 Å². The van der Waals surface area contributed by atoms with Crippen molar-refractivity contribution in [3.63, 3.8) is 0 Å². The minimum absolute atomic E-state index is 0.114. The van der Waals surface area contributed by atoms with Crippen LogP contribution in [0.5, 0.6) is 0 Å². The zero-order valence-corrected chi connectivity index (χ0v) is 11.6. The number of guanidine groups is 1. The van der Waals surface area contributed by atoms with Crippen LogP contribution in [0.1, 0.15) is 5.56 Å². The van der Waals surface area contributed by atoms with E-state index in [9.17, 15) is 0 Å². The van der Waals surface area contributed by atoms with Gasteiger partial charge in [-0.15, -0.1) is 0 Å². The summed E-state index contributed by atoms with van der Waals surface area (Å²) in [5.41, 5.74) is 2.00. The van der Waals surface area contributed by atoms with Crippen LogP contribution < -0.4 is 5.32 Å². The second-order valence-corrected chi connectivity index (χ2v) is 5.14. The van der Waals surface area contributed by atoms with Crippen LogP contribution in [0.4, 0.5) is 0 Å². The molecule has 0 saturated heterocycles. The maximum Gasteiger partial charge on any atom is 0.220 e. The fraction of sp³-hybridized carbons (Fsp3) is 0.167. The third-order valence-electron chi connectivity index (χ3n) is 2.59. The first-order chi connectivity index (χ1) is 8.81. The Balaban J connectivity index is 1.72. The van der Waals surface area contributed by atoms with E-state index in [4.69, 9.17) is 0 Å². The van der Waals surface area contributed by atoms with Gasteiger partial charge in [-0.3, -0.25) is 0 Å². The standard InChI is InChI=1S/C12H10IN5/c13-9-3-1-2-8(4-9)5-14-12-15-6-10-11(18-12)17-7-16-10/h1-4,6-7,11H,5H2,(H,14,18). The van der Waals surface area contributed by atoms with E-state index in [1.54, 1.807) is 12.6 Å². The van der Waals surface area contributed by atoms with Crippen molar-refractivity contribution in [2.24, 2.45) is 20.0 Å². The molecule has 0 bridgehead atoms. The molecule has 0 radical (unpaired) electrons. The Kier molecular flexibility index (Phi) is 3.18. The summed E-state index contributed by atoms with van der Waals surface area (Å²) >= 11 is 2.29. The van der Waals surface area contributed by atoms with Crippen molar-refractivity contribution in [2.45, 2.75) is 12.7 Å². The van der Waals surface area contributed by atoms with E-state index in [2.05, 4.69) is 66.1 Å². The molecule has 0 saturated carbocycles. The Hall–Kier alpha value is -1.57. The van der Waals surface area contributed by atoms with Gasteiger partial charge >= 0.3 is 0 Å². The SMILES string of the molecule is Ic1cccc(CN=C2N=CC3=NC=NC3N2)c1. The second-order valence-electron chi connectivity index (χ2n) is 3.89. The number of halogens is 1. The van der Waals surface area contributed by atoms with Gasteiger partial charge in [0.05, 0.1) is 12.8 Å². The molecular weight excluding hydrogens is 341 g/mol. The maximum absolute atomic E-state index is 4.43. The van der Waals surface area contributed by atoms with Gasteiger partial charge in [0.15, 0.2) is 6.17 Å². The number of aliphatic imine (C=N–C) groups is 4. The van der Waals surface area contributed by atoms with Crippen LogP contribution in [-0.2, 0) is 6.54 Å². The fourth-order valence-electron chi connectivity index (χ4n) is 1.70. The summed E-state index contributed by atoms with van der Waals surface area (Å²) < 4.78 is 1.21. The monoisotopic (exact) mass is 351 g/mol. The number of fused-ring (bicyclic) bond motifs is 1. The topological polar surface area (TPSA) is 61.5 Å². The molecule has 0 aliphatic carbocycles. The van der Waals surface area contributed by atoms with Crippen molar-refractivity contribution in [2.75, 3.05) is 0 Å². The summed E-state index contributed by atoms with van der Waals surface area (Å²) in [7, 11) is 0. The minimum Gasteiger partial charge on any atom is -0.328 e. The number of hydrogen-bond donors (Lipinski definition) is 1. The molecule has 0 spiro atoms. The van der Waals surface area contributed by atoms with E-state index in [1.165, 1.54) is 9.13 Å². The van der Waals surface area contributed by atoms with Crippen LogP contribution in [0.25, 0.3) is 0 Å². The van der Waals surface area contributed by atoms with Crippen LogP contribution in [0.2, 0.25) is 0 Å². The van der Waals surface area contributed by atoms with Crippen LogP contribution in [0.3, 0.4) is 0 Å². The first-order valence-electron chi connectivity index (χ1n) is 5.50. The zero-order chi connectivity index (χ0) is 12.4. The summed E-state index contributed by atoms with van der Waals surface area (Å²) in [5.74, 6) is 0.608. The molecule has 1 aromatic carbocycles. The van der Waals surface area contributed by atoms with E-state index < -0.39 is 0 Å². The van der Waals surface area contributed by atoms with Crippen molar-refractivity contribution in [1.29, 1.82) is 0 Å². The van der Waals surface area contributed by atoms with E-state index >= 15 is 0 Å². The summed E-state index contributed by atoms with van der Waals surface area (Å²) in [4.78, 5) is 16.9. The molecule has 0 aromatic heterocycles. The van der Waals surface area contributed by atoms with Crippen LogP contribution in [0.15, 0.2) is 44.2 Å². The Morgan fingerprint density at radius 2 is 2.33 bits per heavy atom. The predicted octanol–water partition coefficient (Wildman–Crippen LogP) is 1.63.